The molecular formula is C11H9F2NO. The number of hydrogen-bond donors (Lipinski definition) is 1. The van der Waals surface area contributed by atoms with E-state index in [2.05, 4.69) is 5.32 Å². The fourth-order valence-electron chi connectivity index (χ4n) is 1.25. The third-order valence-electron chi connectivity index (χ3n) is 2.01. The van der Waals surface area contributed by atoms with E-state index in [0.717, 1.165) is 5.56 Å². The first-order valence-corrected chi connectivity index (χ1v) is 4.46. The van der Waals surface area contributed by atoms with Gasteiger partial charge in [0.05, 0.1) is 12.5 Å². The van der Waals surface area contributed by atoms with Gasteiger partial charge in [0.1, 0.15) is 17.3 Å². The van der Waals surface area contributed by atoms with Crippen molar-refractivity contribution >= 4 is 5.69 Å². The van der Waals surface area contributed by atoms with Gasteiger partial charge >= 0.3 is 0 Å². The van der Waals surface area contributed by atoms with Crippen LogP contribution in [0.2, 0.25) is 0 Å². The molecule has 15 heavy (non-hydrogen) atoms. The van der Waals surface area contributed by atoms with Gasteiger partial charge in [-0.1, -0.05) is 6.07 Å². The molecular weight excluding hydrogens is 200 g/mol. The Labute approximate surface area is 85.5 Å². The SMILES string of the molecule is Fc1cccc(F)c1NCc1ccoc1. The maximum atomic E-state index is 13.2. The predicted octanol–water partition coefficient (Wildman–Crippen LogP) is 3.17. The van der Waals surface area contributed by atoms with Crippen molar-refractivity contribution in [2.45, 2.75) is 6.54 Å². The van der Waals surface area contributed by atoms with E-state index in [1.165, 1.54) is 30.7 Å². The quantitative estimate of drug-likeness (QED) is 0.839. The van der Waals surface area contributed by atoms with Gasteiger partial charge in [-0.05, 0) is 18.2 Å². The molecule has 0 bridgehead atoms. The molecule has 0 unspecified atom stereocenters. The number of hydrogen-bond acceptors (Lipinski definition) is 2. The number of furan rings is 1. The summed E-state index contributed by atoms with van der Waals surface area (Å²) in [5.74, 6) is -1.20. The largest absolute Gasteiger partial charge is 0.472 e. The van der Waals surface area contributed by atoms with Crippen LogP contribution in [0.25, 0.3) is 0 Å². The Morgan fingerprint density at radius 3 is 2.47 bits per heavy atom. The summed E-state index contributed by atoms with van der Waals surface area (Å²) < 4.78 is 31.1. The monoisotopic (exact) mass is 209 g/mol. The third-order valence-corrected chi connectivity index (χ3v) is 2.01. The van der Waals surface area contributed by atoms with Crippen molar-refractivity contribution < 1.29 is 13.2 Å². The number of benzene rings is 1. The maximum absolute atomic E-state index is 13.2. The molecule has 0 saturated carbocycles. The summed E-state index contributed by atoms with van der Waals surface area (Å²) in [6.45, 7) is 0.328. The Morgan fingerprint density at radius 2 is 1.87 bits per heavy atom. The third kappa shape index (κ3) is 2.15. The van der Waals surface area contributed by atoms with Gasteiger partial charge in [0, 0.05) is 12.1 Å². The molecule has 1 aromatic carbocycles. The molecule has 2 nitrogen and oxygen atoms in total. The minimum Gasteiger partial charge on any atom is -0.472 e. The standard InChI is InChI=1S/C11H9F2NO/c12-9-2-1-3-10(13)11(9)14-6-8-4-5-15-7-8/h1-5,7,14H,6H2. The zero-order chi connectivity index (χ0) is 10.7. The molecule has 0 fully saturated rings. The lowest BCUT2D eigenvalue weighted by molar-refractivity contribution is 0.563. The van der Waals surface area contributed by atoms with E-state index in [0.29, 0.717) is 6.54 Å². The number of nitrogens with one attached hydrogen (secondary N) is 1. The van der Waals surface area contributed by atoms with Crippen LogP contribution in [0.4, 0.5) is 14.5 Å². The number of halogens is 2. The highest BCUT2D eigenvalue weighted by atomic mass is 19.1. The van der Waals surface area contributed by atoms with Crippen molar-refractivity contribution in [1.29, 1.82) is 0 Å². The molecule has 0 aliphatic heterocycles. The second kappa shape index (κ2) is 4.13. The minimum atomic E-state index is -0.599. The van der Waals surface area contributed by atoms with Crippen molar-refractivity contribution in [1.82, 2.24) is 0 Å². The molecule has 0 amide bonds. The van der Waals surface area contributed by atoms with E-state index >= 15 is 0 Å². The van der Waals surface area contributed by atoms with Crippen LogP contribution in [-0.4, -0.2) is 0 Å². The van der Waals surface area contributed by atoms with Crippen molar-refractivity contribution in [3.05, 3.63) is 54.0 Å². The highest BCUT2D eigenvalue weighted by Gasteiger charge is 2.07. The molecule has 0 aliphatic rings. The van der Waals surface area contributed by atoms with Gasteiger partial charge < -0.3 is 9.73 Å². The van der Waals surface area contributed by atoms with Crippen LogP contribution < -0.4 is 5.32 Å². The minimum absolute atomic E-state index is 0.112. The van der Waals surface area contributed by atoms with E-state index in [9.17, 15) is 8.78 Å². The Morgan fingerprint density at radius 1 is 1.13 bits per heavy atom. The molecule has 0 atom stereocenters. The summed E-state index contributed by atoms with van der Waals surface area (Å²) in [4.78, 5) is 0. The van der Waals surface area contributed by atoms with Gasteiger partial charge in [0.15, 0.2) is 0 Å². The predicted molar refractivity (Wildman–Crippen MR) is 52.4 cm³/mol. The topological polar surface area (TPSA) is 25.2 Å². The summed E-state index contributed by atoms with van der Waals surface area (Å²) >= 11 is 0. The van der Waals surface area contributed by atoms with E-state index in [1.807, 2.05) is 0 Å². The van der Waals surface area contributed by atoms with Crippen molar-refractivity contribution in [2.75, 3.05) is 5.32 Å². The van der Waals surface area contributed by atoms with Crippen LogP contribution in [0.1, 0.15) is 5.56 Å². The smallest absolute Gasteiger partial charge is 0.149 e. The second-order valence-corrected chi connectivity index (χ2v) is 3.08. The summed E-state index contributed by atoms with van der Waals surface area (Å²) in [5, 5.41) is 2.67. The first kappa shape index (κ1) is 9.71. The van der Waals surface area contributed by atoms with Gasteiger partial charge in [0.2, 0.25) is 0 Å². The number of anilines is 1. The lowest BCUT2D eigenvalue weighted by atomic mass is 10.2. The zero-order valence-electron chi connectivity index (χ0n) is 7.84. The molecule has 1 N–H and O–H groups in total. The average Bonchev–Trinajstić information content (AvgIpc) is 2.70. The van der Waals surface area contributed by atoms with Crippen LogP contribution in [0.3, 0.4) is 0 Å². The Hall–Kier alpha value is -1.84. The number of para-hydroxylation sites is 1. The first-order valence-electron chi connectivity index (χ1n) is 4.46. The molecule has 1 heterocycles. The van der Waals surface area contributed by atoms with Gasteiger partial charge in [0.25, 0.3) is 0 Å². The van der Waals surface area contributed by atoms with E-state index in [1.54, 1.807) is 6.07 Å². The fourth-order valence-corrected chi connectivity index (χ4v) is 1.25. The molecule has 4 heteroatoms. The van der Waals surface area contributed by atoms with Crippen molar-refractivity contribution in [3.8, 4) is 0 Å². The summed E-state index contributed by atoms with van der Waals surface area (Å²) in [6.07, 6.45) is 3.03. The molecule has 78 valence electrons. The zero-order valence-corrected chi connectivity index (χ0v) is 7.84. The summed E-state index contributed by atoms with van der Waals surface area (Å²) in [7, 11) is 0. The number of rotatable bonds is 3. The van der Waals surface area contributed by atoms with Gasteiger partial charge in [-0.2, -0.15) is 0 Å². The molecule has 1 aromatic heterocycles. The van der Waals surface area contributed by atoms with E-state index < -0.39 is 11.6 Å². The van der Waals surface area contributed by atoms with Gasteiger partial charge in [-0.3, -0.25) is 0 Å². The van der Waals surface area contributed by atoms with Gasteiger partial charge in [-0.15, -0.1) is 0 Å². The Bertz CT molecular complexity index is 420. The highest BCUT2D eigenvalue weighted by molar-refractivity contribution is 5.46. The summed E-state index contributed by atoms with van der Waals surface area (Å²) in [6, 6.07) is 5.47. The highest BCUT2D eigenvalue weighted by Crippen LogP contribution is 2.18. The van der Waals surface area contributed by atoms with Gasteiger partial charge in [-0.25, -0.2) is 8.78 Å². The molecule has 0 spiro atoms. The van der Waals surface area contributed by atoms with Crippen LogP contribution in [0.15, 0.2) is 41.2 Å². The lowest BCUT2D eigenvalue weighted by Crippen LogP contribution is -2.02. The Kier molecular flexibility index (Phi) is 2.67. The molecule has 2 aromatic rings. The van der Waals surface area contributed by atoms with Crippen LogP contribution in [0.5, 0.6) is 0 Å². The Balaban J connectivity index is 2.11. The van der Waals surface area contributed by atoms with E-state index in [4.69, 9.17) is 4.42 Å². The average molecular weight is 209 g/mol. The second-order valence-electron chi connectivity index (χ2n) is 3.08. The molecule has 0 saturated heterocycles. The van der Waals surface area contributed by atoms with Crippen molar-refractivity contribution in [3.63, 3.8) is 0 Å². The fraction of sp³-hybridized carbons (Fsp3) is 0.0909. The molecule has 0 aliphatic carbocycles. The van der Waals surface area contributed by atoms with Crippen LogP contribution in [-0.2, 0) is 6.54 Å². The van der Waals surface area contributed by atoms with E-state index in [-0.39, 0.29) is 5.69 Å². The molecule has 2 rings (SSSR count). The first-order chi connectivity index (χ1) is 7.27. The normalized spacial score (nSPS) is 10.3. The summed E-state index contributed by atoms with van der Waals surface area (Å²) in [5.41, 5.74) is 0.719. The lowest BCUT2D eigenvalue weighted by Gasteiger charge is -2.06. The van der Waals surface area contributed by atoms with Crippen LogP contribution >= 0.6 is 0 Å². The molecule has 0 radical (unpaired) electrons. The maximum Gasteiger partial charge on any atom is 0.149 e. The van der Waals surface area contributed by atoms with Crippen LogP contribution in [0, 0.1) is 11.6 Å². The van der Waals surface area contributed by atoms with Crippen molar-refractivity contribution in [2.24, 2.45) is 0 Å².